The average molecular weight is 143 g/mol. The van der Waals surface area contributed by atoms with Crippen molar-refractivity contribution in [3.8, 4) is 6.01 Å². The van der Waals surface area contributed by atoms with Gasteiger partial charge in [-0.25, -0.2) is 9.59 Å². The van der Waals surface area contributed by atoms with Crippen molar-refractivity contribution < 1.29 is 4.74 Å². The summed E-state index contributed by atoms with van der Waals surface area (Å²) in [6.07, 6.45) is 0. The smallest absolute Gasteiger partial charge is 0.353 e. The van der Waals surface area contributed by atoms with Gasteiger partial charge in [-0.1, -0.05) is 0 Å². The van der Waals surface area contributed by atoms with Crippen molar-refractivity contribution >= 4 is 0 Å². The number of H-pyrrole nitrogens is 2. The van der Waals surface area contributed by atoms with Gasteiger partial charge in [-0.3, -0.25) is 9.97 Å². The molecule has 1 aromatic heterocycles. The molecule has 0 aliphatic rings. The molecule has 1 aromatic rings. The molecule has 0 bridgehead atoms. The number of hydrogen-bond donors (Lipinski definition) is 2. The van der Waals surface area contributed by atoms with Gasteiger partial charge >= 0.3 is 17.4 Å². The molecule has 0 amide bonds. The molecule has 0 atom stereocenters. The molecule has 6 nitrogen and oxygen atoms in total. The van der Waals surface area contributed by atoms with E-state index >= 15 is 0 Å². The highest BCUT2D eigenvalue weighted by Gasteiger charge is 1.93. The van der Waals surface area contributed by atoms with Crippen LogP contribution in [-0.2, 0) is 0 Å². The van der Waals surface area contributed by atoms with Crippen molar-refractivity contribution in [1.82, 2.24) is 15.0 Å². The summed E-state index contributed by atoms with van der Waals surface area (Å²) in [6.45, 7) is 0. The SMILES string of the molecule is COc1nc(=O)[nH]c(=O)[nH]1. The highest BCUT2D eigenvalue weighted by molar-refractivity contribution is 4.86. The number of rotatable bonds is 1. The Bertz CT molecular complexity index is 297. The summed E-state index contributed by atoms with van der Waals surface area (Å²) >= 11 is 0. The average Bonchev–Trinajstić information content (AvgIpc) is 1.85. The van der Waals surface area contributed by atoms with Gasteiger partial charge in [0.25, 0.3) is 0 Å². The number of nitrogens with one attached hydrogen (secondary N) is 2. The summed E-state index contributed by atoms with van der Waals surface area (Å²) in [5, 5.41) is 0. The first-order chi connectivity index (χ1) is 4.72. The molecule has 0 unspecified atom stereocenters. The van der Waals surface area contributed by atoms with E-state index in [4.69, 9.17) is 0 Å². The molecule has 1 heterocycles. The van der Waals surface area contributed by atoms with Gasteiger partial charge in [0, 0.05) is 0 Å². The first-order valence-electron chi connectivity index (χ1n) is 2.47. The minimum atomic E-state index is -0.722. The second-order valence-electron chi connectivity index (χ2n) is 1.51. The van der Waals surface area contributed by atoms with Crippen LogP contribution < -0.4 is 16.1 Å². The van der Waals surface area contributed by atoms with Gasteiger partial charge in [0.05, 0.1) is 7.11 Å². The van der Waals surface area contributed by atoms with Crippen LogP contribution in [0.4, 0.5) is 0 Å². The number of methoxy groups -OCH3 is 1. The van der Waals surface area contributed by atoms with Crippen LogP contribution in [0.25, 0.3) is 0 Å². The number of aromatic nitrogens is 3. The summed E-state index contributed by atoms with van der Waals surface area (Å²) in [5.74, 6) is 0. The van der Waals surface area contributed by atoms with Crippen molar-refractivity contribution in [3.05, 3.63) is 21.0 Å². The van der Waals surface area contributed by atoms with E-state index in [1.165, 1.54) is 7.11 Å². The predicted octanol–water partition coefficient (Wildman–Crippen LogP) is -1.53. The molecule has 54 valence electrons. The summed E-state index contributed by atoms with van der Waals surface area (Å²) in [7, 11) is 1.30. The molecule has 0 fully saturated rings. The Hall–Kier alpha value is -1.59. The zero-order valence-corrected chi connectivity index (χ0v) is 5.17. The Balaban J connectivity index is 3.33. The maximum absolute atomic E-state index is 10.4. The highest BCUT2D eigenvalue weighted by atomic mass is 16.5. The molecule has 0 aliphatic heterocycles. The fraction of sp³-hybridized carbons (Fsp3) is 0.250. The van der Waals surface area contributed by atoms with Crippen molar-refractivity contribution in [3.63, 3.8) is 0 Å². The molecule has 0 saturated carbocycles. The van der Waals surface area contributed by atoms with E-state index in [1.54, 1.807) is 0 Å². The van der Waals surface area contributed by atoms with Crippen LogP contribution in [0.15, 0.2) is 9.59 Å². The number of aromatic amines is 2. The van der Waals surface area contributed by atoms with E-state index < -0.39 is 11.4 Å². The summed E-state index contributed by atoms with van der Waals surface area (Å²) in [5.41, 5.74) is -1.35. The largest absolute Gasteiger partial charge is 0.468 e. The Morgan fingerprint density at radius 3 is 2.60 bits per heavy atom. The molecule has 0 radical (unpaired) electrons. The third-order valence-electron chi connectivity index (χ3n) is 0.837. The maximum atomic E-state index is 10.4. The van der Waals surface area contributed by atoms with Crippen molar-refractivity contribution in [2.24, 2.45) is 0 Å². The van der Waals surface area contributed by atoms with Crippen molar-refractivity contribution in [2.75, 3.05) is 7.11 Å². The van der Waals surface area contributed by atoms with Gasteiger partial charge in [0.2, 0.25) is 0 Å². The molecular formula is C4H5N3O3. The van der Waals surface area contributed by atoms with Gasteiger partial charge in [-0.2, -0.15) is 0 Å². The van der Waals surface area contributed by atoms with E-state index in [0.717, 1.165) is 0 Å². The third-order valence-corrected chi connectivity index (χ3v) is 0.837. The number of ether oxygens (including phenoxy) is 1. The summed E-state index contributed by atoms with van der Waals surface area (Å²) in [4.78, 5) is 28.1. The molecule has 2 N–H and O–H groups in total. The molecule has 1 rings (SSSR count). The van der Waals surface area contributed by atoms with Gasteiger partial charge in [-0.05, 0) is 0 Å². The molecule has 0 spiro atoms. The minimum Gasteiger partial charge on any atom is -0.468 e. The first kappa shape index (κ1) is 6.53. The lowest BCUT2D eigenvalue weighted by Crippen LogP contribution is -2.24. The number of hydrogen-bond acceptors (Lipinski definition) is 4. The van der Waals surface area contributed by atoms with Crippen LogP contribution in [-0.4, -0.2) is 22.1 Å². The predicted molar refractivity (Wildman–Crippen MR) is 32.0 cm³/mol. The Labute approximate surface area is 54.9 Å². The molecule has 0 saturated heterocycles. The van der Waals surface area contributed by atoms with E-state index in [2.05, 4.69) is 14.7 Å². The zero-order valence-electron chi connectivity index (χ0n) is 5.17. The minimum absolute atomic E-state index is 0.0891. The lowest BCUT2D eigenvalue weighted by atomic mass is 11.0. The Kier molecular flexibility index (Phi) is 1.53. The van der Waals surface area contributed by atoms with Crippen LogP contribution >= 0.6 is 0 Å². The number of nitrogens with zero attached hydrogens (tertiary/aromatic N) is 1. The van der Waals surface area contributed by atoms with Gasteiger partial charge in [-0.15, -0.1) is 4.98 Å². The van der Waals surface area contributed by atoms with E-state index in [0.29, 0.717) is 0 Å². The van der Waals surface area contributed by atoms with Crippen LogP contribution in [0.5, 0.6) is 6.01 Å². The van der Waals surface area contributed by atoms with Gasteiger partial charge in [0.1, 0.15) is 0 Å². The topological polar surface area (TPSA) is 87.8 Å². The summed E-state index contributed by atoms with van der Waals surface area (Å²) < 4.78 is 4.49. The lowest BCUT2D eigenvalue weighted by molar-refractivity contribution is 0.374. The van der Waals surface area contributed by atoms with Gasteiger partial charge in [0.15, 0.2) is 0 Å². The zero-order chi connectivity index (χ0) is 7.56. The fourth-order valence-corrected chi connectivity index (χ4v) is 0.470. The third kappa shape index (κ3) is 1.22. The van der Waals surface area contributed by atoms with E-state index in [1.807, 2.05) is 4.98 Å². The van der Waals surface area contributed by atoms with E-state index in [-0.39, 0.29) is 6.01 Å². The fourth-order valence-electron chi connectivity index (χ4n) is 0.470. The molecule has 0 aliphatic carbocycles. The second-order valence-corrected chi connectivity index (χ2v) is 1.51. The monoisotopic (exact) mass is 143 g/mol. The molecular weight excluding hydrogens is 138 g/mol. The van der Waals surface area contributed by atoms with E-state index in [9.17, 15) is 9.59 Å². The highest BCUT2D eigenvalue weighted by Crippen LogP contribution is 1.85. The van der Waals surface area contributed by atoms with Crippen LogP contribution in [0.3, 0.4) is 0 Å². The summed E-state index contributed by atoms with van der Waals surface area (Å²) in [6, 6.07) is -0.0891. The molecule has 0 aromatic carbocycles. The second kappa shape index (κ2) is 2.34. The van der Waals surface area contributed by atoms with Crippen LogP contribution in [0.1, 0.15) is 0 Å². The van der Waals surface area contributed by atoms with Gasteiger partial charge < -0.3 is 4.74 Å². The maximum Gasteiger partial charge on any atom is 0.353 e. The quantitative estimate of drug-likeness (QED) is 0.499. The Morgan fingerprint density at radius 1 is 1.40 bits per heavy atom. The van der Waals surface area contributed by atoms with Crippen LogP contribution in [0, 0.1) is 0 Å². The first-order valence-corrected chi connectivity index (χ1v) is 2.47. The van der Waals surface area contributed by atoms with Crippen LogP contribution in [0.2, 0.25) is 0 Å². The lowest BCUT2D eigenvalue weighted by Gasteiger charge is -1.92. The molecule has 10 heavy (non-hydrogen) atoms. The van der Waals surface area contributed by atoms with Crippen molar-refractivity contribution in [1.29, 1.82) is 0 Å². The standard InChI is InChI=1S/C4H5N3O3/c1-10-4-6-2(8)5-3(9)7-4/h1H3,(H2,5,6,7,8,9). The van der Waals surface area contributed by atoms with Crippen molar-refractivity contribution in [2.45, 2.75) is 0 Å². The Morgan fingerprint density at radius 2 is 2.10 bits per heavy atom. The molecule has 6 heteroatoms. The normalized spacial score (nSPS) is 9.30.